The second kappa shape index (κ2) is 6.83. The molecule has 0 aliphatic rings. The second-order valence-corrected chi connectivity index (χ2v) is 7.70. The van der Waals surface area contributed by atoms with Gasteiger partial charge in [-0.1, -0.05) is 45.9 Å². The number of benzene rings is 1. The van der Waals surface area contributed by atoms with Gasteiger partial charge < -0.3 is 4.57 Å². The Labute approximate surface area is 142 Å². The van der Waals surface area contributed by atoms with Crippen molar-refractivity contribution in [1.82, 2.24) is 4.57 Å². The van der Waals surface area contributed by atoms with E-state index in [1.54, 1.807) is 11.3 Å². The summed E-state index contributed by atoms with van der Waals surface area (Å²) in [5, 5.41) is 0. The van der Waals surface area contributed by atoms with Crippen LogP contribution >= 0.6 is 11.3 Å². The number of hydrogen-bond donors (Lipinski definition) is 0. The SMILES string of the molecule is CCc1ccccc1C(=O)/N=c1\sc(C(C)(C)C)c(C)n1CC. The monoisotopic (exact) mass is 330 g/mol. The molecule has 0 aliphatic heterocycles. The molecule has 0 saturated carbocycles. The highest BCUT2D eigenvalue weighted by atomic mass is 32.1. The lowest BCUT2D eigenvalue weighted by Crippen LogP contribution is -2.18. The van der Waals surface area contributed by atoms with Gasteiger partial charge in [-0.3, -0.25) is 4.79 Å². The molecule has 4 heteroatoms. The predicted octanol–water partition coefficient (Wildman–Crippen LogP) is 4.48. The summed E-state index contributed by atoms with van der Waals surface area (Å²) in [6, 6.07) is 7.73. The van der Waals surface area contributed by atoms with Gasteiger partial charge in [0.2, 0.25) is 0 Å². The quantitative estimate of drug-likeness (QED) is 0.817. The average Bonchev–Trinajstić information content (AvgIpc) is 2.82. The number of carbonyl (C=O) groups excluding carboxylic acids is 1. The zero-order chi connectivity index (χ0) is 17.2. The first-order chi connectivity index (χ1) is 10.8. The number of nitrogens with zero attached hydrogens (tertiary/aromatic N) is 2. The molecule has 1 amide bonds. The molecule has 0 saturated heterocycles. The van der Waals surface area contributed by atoms with Gasteiger partial charge in [-0.25, -0.2) is 0 Å². The third-order valence-electron chi connectivity index (χ3n) is 3.98. The number of aromatic nitrogens is 1. The van der Waals surface area contributed by atoms with E-state index in [2.05, 4.69) is 51.1 Å². The molecule has 1 aromatic heterocycles. The number of rotatable bonds is 3. The molecule has 1 aromatic carbocycles. The summed E-state index contributed by atoms with van der Waals surface area (Å²) in [5.74, 6) is -0.147. The predicted molar refractivity (Wildman–Crippen MR) is 97.1 cm³/mol. The van der Waals surface area contributed by atoms with E-state index in [1.807, 2.05) is 24.3 Å². The number of carbonyl (C=O) groups is 1. The summed E-state index contributed by atoms with van der Waals surface area (Å²) in [4.78, 5) is 19.2. The van der Waals surface area contributed by atoms with Crippen molar-refractivity contribution < 1.29 is 4.79 Å². The molecule has 124 valence electrons. The smallest absolute Gasteiger partial charge is 0.279 e. The van der Waals surface area contributed by atoms with Crippen LogP contribution in [0.1, 0.15) is 61.1 Å². The molecule has 1 heterocycles. The van der Waals surface area contributed by atoms with E-state index < -0.39 is 0 Å². The Kier molecular flexibility index (Phi) is 5.25. The van der Waals surface area contributed by atoms with Crippen molar-refractivity contribution in [2.24, 2.45) is 4.99 Å². The van der Waals surface area contributed by atoms with Gasteiger partial charge >= 0.3 is 0 Å². The van der Waals surface area contributed by atoms with Crippen LogP contribution in [0.5, 0.6) is 0 Å². The Morgan fingerprint density at radius 3 is 2.43 bits per heavy atom. The van der Waals surface area contributed by atoms with E-state index in [4.69, 9.17) is 0 Å². The molecule has 2 rings (SSSR count). The second-order valence-electron chi connectivity index (χ2n) is 6.72. The number of thiazole rings is 1. The lowest BCUT2D eigenvalue weighted by molar-refractivity contribution is 0.0997. The van der Waals surface area contributed by atoms with Crippen LogP contribution in [0.25, 0.3) is 0 Å². The number of aryl methyl sites for hydroxylation is 1. The van der Waals surface area contributed by atoms with Gasteiger partial charge in [-0.15, -0.1) is 11.3 Å². The van der Waals surface area contributed by atoms with Gasteiger partial charge in [0.05, 0.1) is 0 Å². The lowest BCUT2D eigenvalue weighted by atomic mass is 9.93. The zero-order valence-corrected chi connectivity index (χ0v) is 15.8. The minimum Gasteiger partial charge on any atom is -0.321 e. The molecule has 0 unspecified atom stereocenters. The fourth-order valence-electron chi connectivity index (χ4n) is 2.82. The minimum atomic E-state index is -0.147. The van der Waals surface area contributed by atoms with Crippen molar-refractivity contribution in [3.63, 3.8) is 0 Å². The molecule has 0 fully saturated rings. The van der Waals surface area contributed by atoms with Crippen molar-refractivity contribution in [1.29, 1.82) is 0 Å². The Hall–Kier alpha value is -1.68. The maximum Gasteiger partial charge on any atom is 0.279 e. The summed E-state index contributed by atoms with van der Waals surface area (Å²) in [6.45, 7) is 13.7. The highest BCUT2D eigenvalue weighted by Crippen LogP contribution is 2.28. The van der Waals surface area contributed by atoms with E-state index in [9.17, 15) is 4.79 Å². The highest BCUT2D eigenvalue weighted by Gasteiger charge is 2.22. The molecule has 23 heavy (non-hydrogen) atoms. The van der Waals surface area contributed by atoms with Gasteiger partial charge in [-0.05, 0) is 37.3 Å². The molecule has 0 atom stereocenters. The standard InChI is InChI=1S/C19H26N2OS/c1-7-14-11-9-10-12-15(14)17(22)20-18-21(8-2)13(3)16(23-18)19(4,5)6/h9-12H,7-8H2,1-6H3/b20-18-. The molecule has 0 N–H and O–H groups in total. The summed E-state index contributed by atoms with van der Waals surface area (Å²) >= 11 is 1.63. The first kappa shape index (κ1) is 17.7. The summed E-state index contributed by atoms with van der Waals surface area (Å²) in [7, 11) is 0. The van der Waals surface area contributed by atoms with Gasteiger partial charge in [-0.2, -0.15) is 4.99 Å². The Bertz CT molecular complexity index is 775. The van der Waals surface area contributed by atoms with Gasteiger partial charge in [0, 0.05) is 22.7 Å². The molecule has 0 bridgehead atoms. The Balaban J connectivity index is 2.57. The summed E-state index contributed by atoms with van der Waals surface area (Å²) < 4.78 is 2.14. The van der Waals surface area contributed by atoms with E-state index >= 15 is 0 Å². The van der Waals surface area contributed by atoms with Crippen LogP contribution in [-0.2, 0) is 18.4 Å². The normalized spacial score (nSPS) is 12.7. The molecule has 2 aromatic rings. The van der Waals surface area contributed by atoms with E-state index in [0.29, 0.717) is 5.56 Å². The number of hydrogen-bond acceptors (Lipinski definition) is 2. The van der Waals surface area contributed by atoms with Crippen LogP contribution in [0.15, 0.2) is 29.3 Å². The van der Waals surface area contributed by atoms with Gasteiger partial charge in [0.15, 0.2) is 4.80 Å². The summed E-state index contributed by atoms with van der Waals surface area (Å²) in [5.41, 5.74) is 3.03. The van der Waals surface area contributed by atoms with Crippen molar-refractivity contribution in [2.75, 3.05) is 0 Å². The van der Waals surface area contributed by atoms with Gasteiger partial charge in [0.1, 0.15) is 0 Å². The molecule has 0 radical (unpaired) electrons. The van der Waals surface area contributed by atoms with Gasteiger partial charge in [0.25, 0.3) is 5.91 Å². The van der Waals surface area contributed by atoms with E-state index in [0.717, 1.165) is 23.3 Å². The Morgan fingerprint density at radius 1 is 1.22 bits per heavy atom. The third-order valence-corrected chi connectivity index (χ3v) is 5.59. The van der Waals surface area contributed by atoms with Crippen LogP contribution in [0.4, 0.5) is 0 Å². The Morgan fingerprint density at radius 2 is 1.87 bits per heavy atom. The van der Waals surface area contributed by atoms with Crippen molar-refractivity contribution in [2.45, 2.75) is 59.9 Å². The van der Waals surface area contributed by atoms with Crippen molar-refractivity contribution in [3.05, 3.63) is 50.8 Å². The largest absolute Gasteiger partial charge is 0.321 e. The van der Waals surface area contributed by atoms with E-state index in [-0.39, 0.29) is 11.3 Å². The molecule has 0 spiro atoms. The maximum atomic E-state index is 12.7. The van der Waals surface area contributed by atoms with E-state index in [1.165, 1.54) is 10.6 Å². The highest BCUT2D eigenvalue weighted by molar-refractivity contribution is 7.09. The third kappa shape index (κ3) is 3.63. The van der Waals surface area contributed by atoms with Crippen molar-refractivity contribution in [3.8, 4) is 0 Å². The van der Waals surface area contributed by atoms with Crippen LogP contribution < -0.4 is 4.80 Å². The summed E-state index contributed by atoms with van der Waals surface area (Å²) in [6.07, 6.45) is 0.835. The van der Waals surface area contributed by atoms with Crippen LogP contribution in [0, 0.1) is 6.92 Å². The molecular weight excluding hydrogens is 304 g/mol. The number of amides is 1. The van der Waals surface area contributed by atoms with Crippen molar-refractivity contribution >= 4 is 17.2 Å². The minimum absolute atomic E-state index is 0.0593. The molecule has 0 aliphatic carbocycles. The first-order valence-corrected chi connectivity index (χ1v) is 8.98. The molecular formula is C19H26N2OS. The van der Waals surface area contributed by atoms with Crippen LogP contribution in [0.3, 0.4) is 0 Å². The lowest BCUT2D eigenvalue weighted by Gasteiger charge is -2.17. The maximum absolute atomic E-state index is 12.7. The van der Waals surface area contributed by atoms with Crippen LogP contribution in [-0.4, -0.2) is 10.5 Å². The fraction of sp³-hybridized carbons (Fsp3) is 0.474. The molecule has 3 nitrogen and oxygen atoms in total. The zero-order valence-electron chi connectivity index (χ0n) is 14.9. The van der Waals surface area contributed by atoms with Crippen LogP contribution in [0.2, 0.25) is 0 Å². The first-order valence-electron chi connectivity index (χ1n) is 8.17. The topological polar surface area (TPSA) is 34.4 Å². The average molecular weight is 330 g/mol. The fourth-order valence-corrected chi connectivity index (χ4v) is 4.07.